The Kier molecular flexibility index (Phi) is 12.5. The fourth-order valence-corrected chi connectivity index (χ4v) is 5.40. The van der Waals surface area contributed by atoms with Gasteiger partial charge >= 0.3 is 0 Å². The molecule has 0 saturated heterocycles. The molecular weight excluding hydrogens is 670 g/mol. The summed E-state index contributed by atoms with van der Waals surface area (Å²) in [5, 5.41) is 3.02. The average Bonchev–Trinajstić information content (AvgIpc) is 3.18. The minimum atomic E-state index is -0.419. The van der Waals surface area contributed by atoms with Gasteiger partial charge in [-0.15, -0.1) is 0 Å². The molecule has 0 saturated carbocycles. The third kappa shape index (κ3) is 8.52. The number of unbranched alkanes of at least 4 members (excludes halogenated alkanes) is 1. The van der Waals surface area contributed by atoms with Crippen molar-refractivity contribution < 1.29 is 47.1 Å². The van der Waals surface area contributed by atoms with Crippen molar-refractivity contribution in [1.82, 2.24) is 0 Å². The molecule has 1 N–H and O–H groups in total. The number of rotatable bonds is 17. The maximum Gasteiger partial charge on any atom is 0.248 e. The van der Waals surface area contributed by atoms with Crippen LogP contribution in [0.2, 0.25) is 0 Å². The number of benzene rings is 4. The molecule has 52 heavy (non-hydrogen) atoms. The minimum absolute atomic E-state index is 0.00563. The Hall–Kier alpha value is -6.30. The molecule has 0 aliphatic heterocycles. The predicted octanol–water partition coefficient (Wildman–Crippen LogP) is 7.40. The highest BCUT2D eigenvalue weighted by Crippen LogP contribution is 2.44. The second-order valence-corrected chi connectivity index (χ2v) is 11.2. The van der Waals surface area contributed by atoms with Gasteiger partial charge in [-0.3, -0.25) is 9.59 Å². The van der Waals surface area contributed by atoms with Crippen LogP contribution in [0.3, 0.4) is 0 Å². The quantitative estimate of drug-likeness (QED) is 0.0764. The highest BCUT2D eigenvalue weighted by molar-refractivity contribution is 6.02. The molecule has 0 radical (unpaired) electrons. The van der Waals surface area contributed by atoms with Crippen LogP contribution in [0, 0.1) is 0 Å². The first-order valence-electron chi connectivity index (χ1n) is 16.3. The zero-order valence-electron chi connectivity index (χ0n) is 29.9. The molecule has 0 aliphatic rings. The van der Waals surface area contributed by atoms with Gasteiger partial charge in [0.1, 0.15) is 22.5 Å². The van der Waals surface area contributed by atoms with Crippen LogP contribution in [-0.2, 0) is 4.79 Å². The number of anilines is 1. The van der Waals surface area contributed by atoms with Crippen molar-refractivity contribution >= 4 is 28.6 Å². The number of amides is 1. The Balaban J connectivity index is 1.30. The van der Waals surface area contributed by atoms with E-state index in [4.69, 9.17) is 42.3 Å². The number of fused-ring (bicyclic) bond motifs is 1. The Bertz CT molecular complexity index is 2070. The summed E-state index contributed by atoms with van der Waals surface area (Å²) < 4.78 is 51.6. The Morgan fingerprint density at radius 2 is 1.35 bits per heavy atom. The van der Waals surface area contributed by atoms with Gasteiger partial charge < -0.3 is 47.6 Å². The number of carbonyl (C=O) groups is 1. The first kappa shape index (κ1) is 37.0. The van der Waals surface area contributed by atoms with E-state index in [2.05, 4.69) is 5.32 Å². The van der Waals surface area contributed by atoms with Gasteiger partial charge in [0, 0.05) is 29.5 Å². The van der Waals surface area contributed by atoms with Crippen LogP contribution in [-0.4, -0.2) is 61.8 Å². The van der Waals surface area contributed by atoms with Gasteiger partial charge in [0.05, 0.1) is 55.9 Å². The maximum atomic E-state index is 14.0. The van der Waals surface area contributed by atoms with Crippen molar-refractivity contribution in [2.24, 2.45) is 0 Å². The Morgan fingerprint density at radius 3 is 1.98 bits per heavy atom. The average molecular weight is 712 g/mol. The lowest BCUT2D eigenvalue weighted by Crippen LogP contribution is -2.13. The number of methoxy groups -OCH3 is 6. The summed E-state index contributed by atoms with van der Waals surface area (Å²) >= 11 is 0. The molecule has 272 valence electrons. The van der Waals surface area contributed by atoms with Gasteiger partial charge in [-0.2, -0.15) is 0 Å². The van der Waals surface area contributed by atoms with E-state index in [0.717, 1.165) is 5.56 Å². The van der Waals surface area contributed by atoms with Gasteiger partial charge in [-0.25, -0.2) is 0 Å². The number of hydrogen-bond donors (Lipinski definition) is 1. The predicted molar refractivity (Wildman–Crippen MR) is 198 cm³/mol. The van der Waals surface area contributed by atoms with Crippen molar-refractivity contribution in [1.29, 1.82) is 0 Å². The first-order valence-corrected chi connectivity index (χ1v) is 16.3. The molecule has 1 aromatic heterocycles. The van der Waals surface area contributed by atoms with E-state index in [1.807, 2.05) is 36.4 Å². The highest BCUT2D eigenvalue weighted by Gasteiger charge is 2.24. The van der Waals surface area contributed by atoms with Crippen LogP contribution in [0.25, 0.3) is 28.4 Å². The smallest absolute Gasteiger partial charge is 0.248 e. The van der Waals surface area contributed by atoms with Crippen LogP contribution in [0.4, 0.5) is 5.69 Å². The number of para-hydroxylation sites is 1. The summed E-state index contributed by atoms with van der Waals surface area (Å²) in [6.07, 6.45) is 4.30. The molecule has 1 amide bonds. The summed E-state index contributed by atoms with van der Waals surface area (Å²) in [7, 11) is 9.04. The molecular formula is C40H41NO11. The molecule has 12 nitrogen and oxygen atoms in total. The molecule has 0 spiro atoms. The van der Waals surface area contributed by atoms with Gasteiger partial charge in [-0.1, -0.05) is 24.3 Å². The minimum Gasteiger partial charge on any atom is -0.496 e. The third-order valence-corrected chi connectivity index (χ3v) is 7.97. The molecule has 12 heteroatoms. The summed E-state index contributed by atoms with van der Waals surface area (Å²) in [4.78, 5) is 26.4. The van der Waals surface area contributed by atoms with Crippen molar-refractivity contribution in [2.75, 3.05) is 61.2 Å². The third-order valence-electron chi connectivity index (χ3n) is 7.97. The first-order chi connectivity index (χ1) is 25.3. The Morgan fingerprint density at radius 1 is 0.673 bits per heavy atom. The summed E-state index contributed by atoms with van der Waals surface area (Å²) in [5.74, 6) is 2.86. The molecule has 0 unspecified atom stereocenters. The van der Waals surface area contributed by atoms with Crippen molar-refractivity contribution in [3.8, 4) is 57.3 Å². The SMILES string of the molecule is COc1cc(OC)c2c(=O)c(OCCCCOc3ccc(/C=C/C(=O)Nc4ccccc4)cc3OC)c(-c3cc(OC)c(OC)c(OC)c3)oc2c1. The summed E-state index contributed by atoms with van der Waals surface area (Å²) in [5.41, 5.74) is 1.78. The fourth-order valence-electron chi connectivity index (χ4n) is 5.40. The molecule has 4 aromatic carbocycles. The second kappa shape index (κ2) is 17.6. The van der Waals surface area contributed by atoms with Gasteiger partial charge in [0.25, 0.3) is 0 Å². The summed E-state index contributed by atoms with van der Waals surface area (Å²) in [6.45, 7) is 0.537. The molecule has 0 atom stereocenters. The highest BCUT2D eigenvalue weighted by atomic mass is 16.5. The number of hydrogen-bond acceptors (Lipinski definition) is 11. The molecule has 0 fully saturated rings. The fraction of sp³-hybridized carbons (Fsp3) is 0.250. The normalized spacial score (nSPS) is 10.9. The molecule has 5 rings (SSSR count). The van der Waals surface area contributed by atoms with Gasteiger partial charge in [-0.05, 0) is 60.9 Å². The van der Waals surface area contributed by atoms with E-state index in [0.29, 0.717) is 65.2 Å². The van der Waals surface area contributed by atoms with Crippen LogP contribution in [0.1, 0.15) is 18.4 Å². The number of ether oxygens (including phenoxy) is 8. The van der Waals surface area contributed by atoms with E-state index < -0.39 is 5.43 Å². The van der Waals surface area contributed by atoms with Crippen LogP contribution < -0.4 is 48.6 Å². The molecule has 0 aliphatic carbocycles. The van der Waals surface area contributed by atoms with Gasteiger partial charge in [0.15, 0.2) is 28.8 Å². The molecule has 5 aromatic rings. The van der Waals surface area contributed by atoms with E-state index in [1.165, 1.54) is 41.6 Å². The lowest BCUT2D eigenvalue weighted by molar-refractivity contribution is -0.111. The lowest BCUT2D eigenvalue weighted by atomic mass is 10.1. The topological polar surface area (TPSA) is 133 Å². The summed E-state index contributed by atoms with van der Waals surface area (Å²) in [6, 6.07) is 21.2. The monoisotopic (exact) mass is 711 g/mol. The van der Waals surface area contributed by atoms with E-state index >= 15 is 0 Å². The Labute approximate surface area is 301 Å². The van der Waals surface area contributed by atoms with E-state index in [-0.39, 0.29) is 40.7 Å². The van der Waals surface area contributed by atoms with Crippen LogP contribution in [0.15, 0.2) is 88.1 Å². The number of carbonyl (C=O) groups excluding carboxylic acids is 1. The molecule has 1 heterocycles. The van der Waals surface area contributed by atoms with Crippen molar-refractivity contribution in [3.63, 3.8) is 0 Å². The van der Waals surface area contributed by atoms with Crippen molar-refractivity contribution in [2.45, 2.75) is 12.8 Å². The molecule has 0 bridgehead atoms. The van der Waals surface area contributed by atoms with E-state index in [1.54, 1.807) is 49.6 Å². The largest absolute Gasteiger partial charge is 0.496 e. The lowest BCUT2D eigenvalue weighted by Gasteiger charge is -2.17. The second-order valence-electron chi connectivity index (χ2n) is 11.2. The standard InChI is InChI=1S/C40H41NO11/c1-44-28-23-31(46-3)36-32(24-28)52-38(26-21-33(47-4)39(49-6)34(22-26)48-5)40(37(36)43)51-19-11-10-18-50-29-16-14-25(20-30(29)45-2)15-17-35(42)41-27-12-8-7-9-13-27/h7-9,12-17,20-24H,10-11,18-19H2,1-6H3,(H,41,42)/b17-15+. The maximum absolute atomic E-state index is 14.0. The van der Waals surface area contributed by atoms with E-state index in [9.17, 15) is 9.59 Å². The zero-order chi connectivity index (χ0) is 37.0. The number of nitrogens with one attached hydrogen (secondary N) is 1. The van der Waals surface area contributed by atoms with Gasteiger partial charge in [0.2, 0.25) is 22.8 Å². The zero-order valence-corrected chi connectivity index (χ0v) is 29.9. The van der Waals surface area contributed by atoms with Crippen LogP contribution >= 0.6 is 0 Å². The van der Waals surface area contributed by atoms with Crippen LogP contribution in [0.5, 0.6) is 46.0 Å². The van der Waals surface area contributed by atoms with Crippen molar-refractivity contribution in [3.05, 3.63) is 94.7 Å².